The zero-order valence-electron chi connectivity index (χ0n) is 12.1. The highest BCUT2D eigenvalue weighted by Crippen LogP contribution is 2.32. The second kappa shape index (κ2) is 6.91. The molecular formula is C16H30O2. The lowest BCUT2D eigenvalue weighted by molar-refractivity contribution is -0.0655. The van der Waals surface area contributed by atoms with Crippen molar-refractivity contribution in [2.45, 2.75) is 89.9 Å². The van der Waals surface area contributed by atoms with E-state index in [0.29, 0.717) is 12.2 Å². The van der Waals surface area contributed by atoms with Crippen molar-refractivity contribution in [2.75, 3.05) is 0 Å². The minimum absolute atomic E-state index is 0.0633. The van der Waals surface area contributed by atoms with Crippen LogP contribution in [0.2, 0.25) is 0 Å². The molecule has 1 N–H and O–H groups in total. The van der Waals surface area contributed by atoms with Crippen LogP contribution in [0.3, 0.4) is 0 Å². The van der Waals surface area contributed by atoms with Crippen molar-refractivity contribution in [1.82, 2.24) is 0 Å². The Kier molecular flexibility index (Phi) is 5.50. The molecule has 2 saturated carbocycles. The van der Waals surface area contributed by atoms with Gasteiger partial charge in [-0.15, -0.1) is 0 Å². The lowest BCUT2D eigenvalue weighted by Gasteiger charge is -2.34. The largest absolute Gasteiger partial charge is 0.393 e. The molecule has 0 aromatic heterocycles. The van der Waals surface area contributed by atoms with Crippen LogP contribution in [0.1, 0.15) is 71.6 Å². The standard InChI is InChI=1S/C16H30O2/c1-12(2)11-13-3-7-15(8-4-13)18-16-9-5-14(17)6-10-16/h12-17H,3-11H2,1-2H3. The van der Waals surface area contributed by atoms with Crippen molar-refractivity contribution in [1.29, 1.82) is 0 Å². The summed E-state index contributed by atoms with van der Waals surface area (Å²) in [6.07, 6.45) is 11.5. The fraction of sp³-hybridized carbons (Fsp3) is 1.00. The van der Waals surface area contributed by atoms with E-state index in [-0.39, 0.29) is 6.10 Å². The van der Waals surface area contributed by atoms with Crippen molar-refractivity contribution >= 4 is 0 Å². The maximum Gasteiger partial charge on any atom is 0.0580 e. The van der Waals surface area contributed by atoms with Crippen LogP contribution in [0.5, 0.6) is 0 Å². The molecule has 0 unspecified atom stereocenters. The van der Waals surface area contributed by atoms with Gasteiger partial charge in [-0.05, 0) is 69.6 Å². The van der Waals surface area contributed by atoms with Crippen LogP contribution < -0.4 is 0 Å². The normalized spacial score (nSPS) is 38.0. The Balaban J connectivity index is 1.64. The van der Waals surface area contributed by atoms with E-state index < -0.39 is 0 Å². The monoisotopic (exact) mass is 254 g/mol. The SMILES string of the molecule is CC(C)CC1CCC(OC2CCC(O)CC2)CC1. The second-order valence-electron chi connectivity index (χ2n) is 6.84. The molecule has 2 fully saturated rings. The lowest BCUT2D eigenvalue weighted by Crippen LogP contribution is -2.31. The van der Waals surface area contributed by atoms with Crippen molar-refractivity contribution in [3.8, 4) is 0 Å². The molecular weight excluding hydrogens is 224 g/mol. The third-order valence-electron chi connectivity index (χ3n) is 4.63. The number of hydrogen-bond donors (Lipinski definition) is 1. The maximum atomic E-state index is 9.50. The average Bonchev–Trinajstić information content (AvgIpc) is 2.34. The van der Waals surface area contributed by atoms with Crippen LogP contribution in [0, 0.1) is 11.8 Å². The summed E-state index contributed by atoms with van der Waals surface area (Å²) < 4.78 is 6.22. The van der Waals surface area contributed by atoms with E-state index in [4.69, 9.17) is 4.74 Å². The van der Waals surface area contributed by atoms with E-state index in [1.165, 1.54) is 32.1 Å². The van der Waals surface area contributed by atoms with Gasteiger partial charge in [0.05, 0.1) is 18.3 Å². The molecule has 0 aromatic carbocycles. The second-order valence-corrected chi connectivity index (χ2v) is 6.84. The minimum Gasteiger partial charge on any atom is -0.393 e. The van der Waals surface area contributed by atoms with Gasteiger partial charge in [0.15, 0.2) is 0 Å². The molecule has 2 aliphatic carbocycles. The highest BCUT2D eigenvalue weighted by molar-refractivity contribution is 4.77. The summed E-state index contributed by atoms with van der Waals surface area (Å²) in [5.74, 6) is 1.78. The molecule has 0 aliphatic heterocycles. The first-order chi connectivity index (χ1) is 8.63. The van der Waals surface area contributed by atoms with Crippen LogP contribution in [0.15, 0.2) is 0 Å². The Morgan fingerprint density at radius 3 is 1.89 bits per heavy atom. The first-order valence-corrected chi connectivity index (χ1v) is 7.97. The Labute approximate surface area is 112 Å². The third-order valence-corrected chi connectivity index (χ3v) is 4.63. The fourth-order valence-corrected chi connectivity index (χ4v) is 3.62. The van der Waals surface area contributed by atoms with Gasteiger partial charge < -0.3 is 9.84 Å². The molecule has 0 heterocycles. The molecule has 0 bridgehead atoms. The minimum atomic E-state index is -0.0633. The highest BCUT2D eigenvalue weighted by atomic mass is 16.5. The smallest absolute Gasteiger partial charge is 0.0580 e. The molecule has 0 saturated heterocycles. The van der Waals surface area contributed by atoms with E-state index in [2.05, 4.69) is 13.8 Å². The topological polar surface area (TPSA) is 29.5 Å². The van der Waals surface area contributed by atoms with E-state index in [1.807, 2.05) is 0 Å². The third kappa shape index (κ3) is 4.55. The predicted molar refractivity (Wildman–Crippen MR) is 74.5 cm³/mol. The Bertz CT molecular complexity index is 223. The molecule has 0 aromatic rings. The summed E-state index contributed by atoms with van der Waals surface area (Å²) in [6.45, 7) is 4.66. The predicted octanol–water partition coefficient (Wildman–Crippen LogP) is 3.91. The molecule has 18 heavy (non-hydrogen) atoms. The number of aliphatic hydroxyl groups excluding tert-OH is 1. The van der Waals surface area contributed by atoms with Gasteiger partial charge in [0.25, 0.3) is 0 Å². The first kappa shape index (κ1) is 14.3. The summed E-state index contributed by atoms with van der Waals surface area (Å²) in [5, 5.41) is 9.50. The fourth-order valence-electron chi connectivity index (χ4n) is 3.62. The van der Waals surface area contributed by atoms with Crippen LogP contribution in [-0.2, 0) is 4.74 Å². The van der Waals surface area contributed by atoms with Crippen molar-refractivity contribution in [3.63, 3.8) is 0 Å². The van der Waals surface area contributed by atoms with Gasteiger partial charge in [0.1, 0.15) is 0 Å². The molecule has 2 heteroatoms. The summed E-state index contributed by atoms with van der Waals surface area (Å²) in [5.41, 5.74) is 0. The van der Waals surface area contributed by atoms with Gasteiger partial charge in [0.2, 0.25) is 0 Å². The molecule has 2 nitrogen and oxygen atoms in total. The molecule has 2 aliphatic rings. The lowest BCUT2D eigenvalue weighted by atomic mass is 9.82. The van der Waals surface area contributed by atoms with Gasteiger partial charge in [-0.25, -0.2) is 0 Å². The van der Waals surface area contributed by atoms with Crippen LogP contribution >= 0.6 is 0 Å². The Hall–Kier alpha value is -0.0800. The van der Waals surface area contributed by atoms with Crippen molar-refractivity contribution in [3.05, 3.63) is 0 Å². The van der Waals surface area contributed by atoms with Crippen LogP contribution in [-0.4, -0.2) is 23.4 Å². The van der Waals surface area contributed by atoms with E-state index in [1.54, 1.807) is 0 Å². The maximum absolute atomic E-state index is 9.50. The molecule has 2 rings (SSSR count). The van der Waals surface area contributed by atoms with Gasteiger partial charge >= 0.3 is 0 Å². The van der Waals surface area contributed by atoms with E-state index >= 15 is 0 Å². The summed E-state index contributed by atoms with van der Waals surface area (Å²) in [7, 11) is 0. The molecule has 0 amide bonds. The number of aliphatic hydroxyl groups is 1. The number of ether oxygens (including phenoxy) is 1. The molecule has 0 atom stereocenters. The zero-order chi connectivity index (χ0) is 13.0. The van der Waals surface area contributed by atoms with Crippen molar-refractivity contribution < 1.29 is 9.84 Å². The number of rotatable bonds is 4. The van der Waals surface area contributed by atoms with Gasteiger partial charge in [-0.3, -0.25) is 0 Å². The summed E-state index contributed by atoms with van der Waals surface area (Å²) in [6, 6.07) is 0. The summed E-state index contributed by atoms with van der Waals surface area (Å²) >= 11 is 0. The van der Waals surface area contributed by atoms with Crippen LogP contribution in [0.4, 0.5) is 0 Å². The number of hydrogen-bond acceptors (Lipinski definition) is 2. The molecule has 0 radical (unpaired) electrons. The van der Waals surface area contributed by atoms with Gasteiger partial charge in [-0.2, -0.15) is 0 Å². The summed E-state index contributed by atoms with van der Waals surface area (Å²) in [4.78, 5) is 0. The Morgan fingerprint density at radius 1 is 0.889 bits per heavy atom. The first-order valence-electron chi connectivity index (χ1n) is 7.97. The molecule has 0 spiro atoms. The van der Waals surface area contributed by atoms with Gasteiger partial charge in [0, 0.05) is 0 Å². The van der Waals surface area contributed by atoms with Crippen molar-refractivity contribution in [2.24, 2.45) is 11.8 Å². The van der Waals surface area contributed by atoms with Crippen LogP contribution in [0.25, 0.3) is 0 Å². The Morgan fingerprint density at radius 2 is 1.39 bits per heavy atom. The van der Waals surface area contributed by atoms with Gasteiger partial charge in [-0.1, -0.05) is 13.8 Å². The van der Waals surface area contributed by atoms with E-state index in [9.17, 15) is 5.11 Å². The highest BCUT2D eigenvalue weighted by Gasteiger charge is 2.26. The van der Waals surface area contributed by atoms with E-state index in [0.717, 1.165) is 37.5 Å². The average molecular weight is 254 g/mol. The quantitative estimate of drug-likeness (QED) is 0.824. The zero-order valence-corrected chi connectivity index (χ0v) is 12.1. The molecule has 106 valence electrons.